The molecule has 0 spiro atoms. The Balaban J connectivity index is 2.26. The van der Waals surface area contributed by atoms with Gasteiger partial charge < -0.3 is 5.32 Å². The van der Waals surface area contributed by atoms with Crippen molar-refractivity contribution in [3.05, 3.63) is 0 Å². The first kappa shape index (κ1) is 5.60. The third kappa shape index (κ3) is 0.831. The van der Waals surface area contributed by atoms with E-state index in [1.165, 1.54) is 0 Å². The Morgan fingerprint density at radius 2 is 2.25 bits per heavy atom. The van der Waals surface area contributed by atoms with E-state index in [0.29, 0.717) is 11.5 Å². The van der Waals surface area contributed by atoms with Crippen LogP contribution in [0.4, 0.5) is 0 Å². The zero-order valence-corrected chi connectivity index (χ0v) is 5.27. The molecule has 1 rings (SSSR count). The molecule has 1 saturated carbocycles. The fourth-order valence-electron chi connectivity index (χ4n) is 0.834. The number of rotatable bonds is 2. The normalized spacial score (nSPS) is 31.5. The first-order chi connectivity index (χ1) is 3.67. The number of carbonyl (C=O) groups excluding carboxylic acids is 1. The molecule has 0 bridgehead atoms. The standard InChI is InChI=1S/C6H11NO/c1-6(2)3-5(6)7-4-8/h4-5H,3H2,1-2H3,(H,7,8). The van der Waals surface area contributed by atoms with E-state index in [9.17, 15) is 4.79 Å². The van der Waals surface area contributed by atoms with E-state index in [4.69, 9.17) is 0 Å². The van der Waals surface area contributed by atoms with Crippen LogP contribution < -0.4 is 5.32 Å². The van der Waals surface area contributed by atoms with Gasteiger partial charge in [-0.1, -0.05) is 13.8 Å². The first-order valence-corrected chi connectivity index (χ1v) is 2.86. The molecule has 1 amide bonds. The zero-order valence-electron chi connectivity index (χ0n) is 5.27. The number of hydrogen-bond acceptors (Lipinski definition) is 1. The number of hydrogen-bond donors (Lipinski definition) is 1. The Bertz CT molecular complexity index is 109. The van der Waals surface area contributed by atoms with Gasteiger partial charge >= 0.3 is 0 Å². The Hall–Kier alpha value is -0.530. The molecular weight excluding hydrogens is 102 g/mol. The maximum absolute atomic E-state index is 9.83. The highest BCUT2D eigenvalue weighted by Gasteiger charge is 2.45. The molecule has 46 valence electrons. The molecule has 1 fully saturated rings. The van der Waals surface area contributed by atoms with E-state index >= 15 is 0 Å². The zero-order chi connectivity index (χ0) is 6.20. The summed E-state index contributed by atoms with van der Waals surface area (Å²) in [5, 5.41) is 2.73. The average Bonchev–Trinajstić information content (AvgIpc) is 2.15. The van der Waals surface area contributed by atoms with Gasteiger partial charge in [0.1, 0.15) is 0 Å². The van der Waals surface area contributed by atoms with Gasteiger partial charge in [-0.2, -0.15) is 0 Å². The van der Waals surface area contributed by atoms with Gasteiger partial charge in [0.15, 0.2) is 0 Å². The van der Waals surface area contributed by atoms with Gasteiger partial charge in [0.2, 0.25) is 6.41 Å². The van der Waals surface area contributed by atoms with Crippen LogP contribution in [0, 0.1) is 5.41 Å². The fourth-order valence-corrected chi connectivity index (χ4v) is 0.834. The molecule has 1 aliphatic carbocycles. The molecule has 1 N–H and O–H groups in total. The third-order valence-electron chi connectivity index (χ3n) is 1.78. The molecule has 0 aromatic rings. The first-order valence-electron chi connectivity index (χ1n) is 2.86. The SMILES string of the molecule is CC1(C)CC1NC=O. The minimum atomic E-state index is 0.376. The van der Waals surface area contributed by atoms with Crippen molar-refractivity contribution in [2.24, 2.45) is 5.41 Å². The van der Waals surface area contributed by atoms with Gasteiger partial charge in [0.05, 0.1) is 0 Å². The minimum absolute atomic E-state index is 0.376. The lowest BCUT2D eigenvalue weighted by Gasteiger charge is -1.98. The van der Waals surface area contributed by atoms with Gasteiger partial charge in [-0.3, -0.25) is 4.79 Å². The smallest absolute Gasteiger partial charge is 0.207 e. The van der Waals surface area contributed by atoms with E-state index < -0.39 is 0 Å². The van der Waals surface area contributed by atoms with Crippen LogP contribution in [0.5, 0.6) is 0 Å². The van der Waals surface area contributed by atoms with Crippen molar-refractivity contribution in [1.29, 1.82) is 0 Å². The summed E-state index contributed by atoms with van der Waals surface area (Å²) in [5.41, 5.74) is 0.376. The lowest BCUT2D eigenvalue weighted by molar-refractivity contribution is -0.109. The van der Waals surface area contributed by atoms with E-state index in [0.717, 1.165) is 12.8 Å². The molecule has 0 aliphatic heterocycles. The van der Waals surface area contributed by atoms with Gasteiger partial charge in [-0.25, -0.2) is 0 Å². The Labute approximate surface area is 49.3 Å². The predicted octanol–water partition coefficient (Wildman–Crippen LogP) is 0.531. The predicted molar refractivity (Wildman–Crippen MR) is 31.4 cm³/mol. The second kappa shape index (κ2) is 1.47. The minimum Gasteiger partial charge on any atom is -0.355 e. The molecule has 8 heavy (non-hydrogen) atoms. The fraction of sp³-hybridized carbons (Fsp3) is 0.833. The van der Waals surface area contributed by atoms with Crippen LogP contribution in [-0.2, 0) is 4.79 Å². The van der Waals surface area contributed by atoms with Crippen molar-refractivity contribution >= 4 is 6.41 Å². The number of carbonyl (C=O) groups is 1. The molecule has 1 unspecified atom stereocenters. The molecule has 0 radical (unpaired) electrons. The summed E-state index contributed by atoms with van der Waals surface area (Å²) >= 11 is 0. The molecule has 0 saturated heterocycles. The van der Waals surface area contributed by atoms with E-state index in [1.54, 1.807) is 0 Å². The second-order valence-electron chi connectivity index (χ2n) is 3.03. The van der Waals surface area contributed by atoms with Crippen molar-refractivity contribution in [3.8, 4) is 0 Å². The van der Waals surface area contributed by atoms with Crippen LogP contribution in [0.15, 0.2) is 0 Å². The Kier molecular flexibility index (Phi) is 1.03. The van der Waals surface area contributed by atoms with Crippen LogP contribution >= 0.6 is 0 Å². The van der Waals surface area contributed by atoms with Gasteiger partial charge in [-0.15, -0.1) is 0 Å². The highest BCUT2D eigenvalue weighted by atomic mass is 16.1. The van der Waals surface area contributed by atoms with Crippen molar-refractivity contribution in [2.45, 2.75) is 26.3 Å². The molecular formula is C6H11NO. The topological polar surface area (TPSA) is 29.1 Å². The van der Waals surface area contributed by atoms with Crippen LogP contribution in [0.25, 0.3) is 0 Å². The molecule has 0 heterocycles. The maximum atomic E-state index is 9.83. The Morgan fingerprint density at radius 1 is 1.75 bits per heavy atom. The van der Waals surface area contributed by atoms with Crippen molar-refractivity contribution in [3.63, 3.8) is 0 Å². The van der Waals surface area contributed by atoms with Crippen LogP contribution in [0.2, 0.25) is 0 Å². The van der Waals surface area contributed by atoms with Gasteiger partial charge in [0, 0.05) is 6.04 Å². The van der Waals surface area contributed by atoms with Crippen molar-refractivity contribution in [2.75, 3.05) is 0 Å². The summed E-state index contributed by atoms with van der Waals surface area (Å²) in [6.07, 6.45) is 1.91. The van der Waals surface area contributed by atoms with Crippen LogP contribution in [-0.4, -0.2) is 12.5 Å². The number of nitrogens with one attached hydrogen (secondary N) is 1. The molecule has 1 atom stereocenters. The summed E-state index contributed by atoms with van der Waals surface area (Å²) in [4.78, 5) is 9.83. The highest BCUT2D eigenvalue weighted by molar-refractivity contribution is 5.48. The molecule has 0 aromatic carbocycles. The second-order valence-corrected chi connectivity index (χ2v) is 3.03. The van der Waals surface area contributed by atoms with E-state index in [1.807, 2.05) is 0 Å². The quantitative estimate of drug-likeness (QED) is 0.520. The molecule has 2 heteroatoms. The van der Waals surface area contributed by atoms with E-state index in [-0.39, 0.29) is 0 Å². The summed E-state index contributed by atoms with van der Waals surface area (Å²) in [7, 11) is 0. The third-order valence-corrected chi connectivity index (χ3v) is 1.78. The van der Waals surface area contributed by atoms with E-state index in [2.05, 4.69) is 19.2 Å². The summed E-state index contributed by atoms with van der Waals surface area (Å²) in [6, 6.07) is 0.444. The molecule has 2 nitrogen and oxygen atoms in total. The summed E-state index contributed by atoms with van der Waals surface area (Å²) < 4.78 is 0. The largest absolute Gasteiger partial charge is 0.355 e. The summed E-state index contributed by atoms with van der Waals surface area (Å²) in [5.74, 6) is 0. The molecule has 0 aromatic heterocycles. The number of amides is 1. The van der Waals surface area contributed by atoms with Gasteiger partial charge in [0.25, 0.3) is 0 Å². The van der Waals surface area contributed by atoms with Crippen LogP contribution in [0.1, 0.15) is 20.3 Å². The lowest BCUT2D eigenvalue weighted by atomic mass is 10.2. The highest BCUT2D eigenvalue weighted by Crippen LogP contribution is 2.44. The van der Waals surface area contributed by atoms with Crippen LogP contribution in [0.3, 0.4) is 0 Å². The maximum Gasteiger partial charge on any atom is 0.207 e. The monoisotopic (exact) mass is 113 g/mol. The van der Waals surface area contributed by atoms with Crippen molar-refractivity contribution < 1.29 is 4.79 Å². The molecule has 1 aliphatic rings. The lowest BCUT2D eigenvalue weighted by Crippen LogP contribution is -2.17. The Morgan fingerprint density at radius 3 is 2.38 bits per heavy atom. The van der Waals surface area contributed by atoms with Crippen molar-refractivity contribution in [1.82, 2.24) is 5.32 Å². The van der Waals surface area contributed by atoms with Gasteiger partial charge in [-0.05, 0) is 11.8 Å². The summed E-state index contributed by atoms with van der Waals surface area (Å²) in [6.45, 7) is 4.29. The average molecular weight is 113 g/mol.